The van der Waals surface area contributed by atoms with Crippen LogP contribution in [0.5, 0.6) is 17.2 Å². The normalized spacial score (nSPS) is 14.2. The molecule has 1 aliphatic rings. The lowest BCUT2D eigenvalue weighted by atomic mass is 10.0. The van der Waals surface area contributed by atoms with E-state index in [4.69, 9.17) is 27.8 Å². The summed E-state index contributed by atoms with van der Waals surface area (Å²) in [4.78, 5) is 38.2. The number of hydrogen-bond donors (Lipinski definition) is 1. The second kappa shape index (κ2) is 9.97. The van der Waals surface area contributed by atoms with E-state index < -0.39 is 12.1 Å². The molecule has 3 heterocycles. The molecule has 1 N–H and O–H groups in total. The number of aryl methyl sites for hydroxylation is 1. The number of ether oxygens (including phenoxy) is 4. The Morgan fingerprint density at radius 2 is 1.71 bits per heavy atom. The third-order valence-corrected chi connectivity index (χ3v) is 6.33. The highest BCUT2D eigenvalue weighted by Gasteiger charge is 2.36. The zero-order chi connectivity index (χ0) is 27.0. The van der Waals surface area contributed by atoms with Crippen LogP contribution >= 0.6 is 0 Å². The largest absolute Gasteiger partial charge is 0.497 e. The van der Waals surface area contributed by atoms with E-state index in [1.807, 2.05) is 0 Å². The van der Waals surface area contributed by atoms with E-state index in [9.17, 15) is 14.4 Å². The number of benzene rings is 2. The lowest BCUT2D eigenvalue weighted by molar-refractivity contribution is -0.120. The van der Waals surface area contributed by atoms with Crippen molar-refractivity contribution in [1.82, 2.24) is 5.32 Å². The van der Waals surface area contributed by atoms with E-state index in [2.05, 4.69) is 5.32 Å². The monoisotopic (exact) mass is 519 g/mol. The lowest BCUT2D eigenvalue weighted by Crippen LogP contribution is -2.29. The Bertz CT molecular complexity index is 1600. The quantitative estimate of drug-likeness (QED) is 0.344. The highest BCUT2D eigenvalue weighted by atomic mass is 16.6. The summed E-state index contributed by atoms with van der Waals surface area (Å²) in [5.41, 5.74) is 1.84. The molecular formula is C28H25NO9. The van der Waals surface area contributed by atoms with Crippen molar-refractivity contribution < 1.29 is 37.4 Å². The van der Waals surface area contributed by atoms with Gasteiger partial charge in [-0.2, -0.15) is 0 Å². The molecular weight excluding hydrogens is 494 g/mol. The summed E-state index contributed by atoms with van der Waals surface area (Å²) in [6, 6.07) is 11.8. The fraction of sp³-hybridized carbons (Fsp3) is 0.250. The molecule has 38 heavy (non-hydrogen) atoms. The van der Waals surface area contributed by atoms with Crippen LogP contribution in [0, 0.1) is 6.92 Å². The number of hydrogen-bond acceptors (Lipinski definition) is 9. The van der Waals surface area contributed by atoms with Gasteiger partial charge in [0, 0.05) is 17.2 Å². The van der Waals surface area contributed by atoms with Gasteiger partial charge in [-0.1, -0.05) is 6.07 Å². The van der Waals surface area contributed by atoms with Crippen LogP contribution < -0.4 is 25.0 Å². The van der Waals surface area contributed by atoms with Gasteiger partial charge in [-0.05, 0) is 37.3 Å². The van der Waals surface area contributed by atoms with E-state index in [1.54, 1.807) is 50.4 Å². The zero-order valence-electron chi connectivity index (χ0n) is 21.2. The summed E-state index contributed by atoms with van der Waals surface area (Å²) in [5.74, 6) is 1.14. The van der Waals surface area contributed by atoms with Crippen LogP contribution in [0.2, 0.25) is 0 Å². The smallest absolute Gasteiger partial charge is 0.343 e. The minimum atomic E-state index is -0.705. The van der Waals surface area contributed by atoms with Crippen molar-refractivity contribution in [3.8, 4) is 28.6 Å². The topological polar surface area (TPSA) is 126 Å². The molecule has 0 spiro atoms. The van der Waals surface area contributed by atoms with Gasteiger partial charge in [0.2, 0.25) is 16.9 Å². The molecule has 1 atom stereocenters. The van der Waals surface area contributed by atoms with Crippen LogP contribution in [0.3, 0.4) is 0 Å². The number of carbonyl (C=O) groups is 2. The molecule has 2 aromatic heterocycles. The van der Waals surface area contributed by atoms with Gasteiger partial charge in [0.05, 0.1) is 39.9 Å². The standard InChI is InChI=1S/C28H25NO9/c1-14-11-19(30)26-25(36-14)18(24(38-26)15-5-7-16(33-2)8-6-15)12-22(31)29-13-21-17-9-10-20(34-3)27(35-4)23(17)28(32)37-21/h5-11,21H,12-13H2,1-4H3,(H,29,31). The second-order valence-electron chi connectivity index (χ2n) is 8.66. The van der Waals surface area contributed by atoms with Crippen LogP contribution in [-0.4, -0.2) is 39.8 Å². The molecule has 5 rings (SSSR count). The molecule has 1 unspecified atom stereocenters. The number of cyclic esters (lactones) is 1. The maximum absolute atomic E-state index is 13.1. The first-order valence-corrected chi connectivity index (χ1v) is 11.8. The Kier molecular flexibility index (Phi) is 6.54. The molecule has 0 saturated heterocycles. The molecule has 0 radical (unpaired) electrons. The van der Waals surface area contributed by atoms with E-state index in [0.717, 1.165) is 0 Å². The molecule has 1 aliphatic heterocycles. The first-order valence-electron chi connectivity index (χ1n) is 11.8. The van der Waals surface area contributed by atoms with Crippen molar-refractivity contribution in [2.45, 2.75) is 19.4 Å². The van der Waals surface area contributed by atoms with Crippen LogP contribution in [0.1, 0.15) is 33.3 Å². The highest BCUT2D eigenvalue weighted by molar-refractivity contribution is 5.98. The number of carbonyl (C=O) groups excluding carboxylic acids is 2. The van der Waals surface area contributed by atoms with Gasteiger partial charge in [0.15, 0.2) is 17.1 Å². The van der Waals surface area contributed by atoms with Crippen LogP contribution in [0.4, 0.5) is 0 Å². The third-order valence-electron chi connectivity index (χ3n) is 6.33. The Hall–Kier alpha value is -4.73. The SMILES string of the molecule is COc1ccc(-c2oc3c(=O)cc(C)oc3c2CC(=O)NCC2OC(=O)c3c2ccc(OC)c3OC)cc1. The fourth-order valence-electron chi connectivity index (χ4n) is 4.55. The molecule has 10 nitrogen and oxygen atoms in total. The van der Waals surface area contributed by atoms with Gasteiger partial charge in [-0.15, -0.1) is 0 Å². The second-order valence-corrected chi connectivity index (χ2v) is 8.66. The number of amides is 1. The maximum Gasteiger partial charge on any atom is 0.343 e. The molecule has 4 aromatic rings. The molecule has 196 valence electrons. The predicted molar refractivity (Wildman–Crippen MR) is 136 cm³/mol. The molecule has 0 bridgehead atoms. The van der Waals surface area contributed by atoms with E-state index in [-0.39, 0.29) is 46.8 Å². The summed E-state index contributed by atoms with van der Waals surface area (Å²) in [5, 5.41) is 2.81. The fourth-order valence-corrected chi connectivity index (χ4v) is 4.55. The number of fused-ring (bicyclic) bond motifs is 2. The molecule has 0 aliphatic carbocycles. The van der Waals surface area contributed by atoms with Gasteiger partial charge in [0.1, 0.15) is 28.9 Å². The Morgan fingerprint density at radius 1 is 0.947 bits per heavy atom. The summed E-state index contributed by atoms with van der Waals surface area (Å²) < 4.78 is 33.1. The minimum Gasteiger partial charge on any atom is -0.497 e. The van der Waals surface area contributed by atoms with Gasteiger partial charge in [0.25, 0.3) is 0 Å². The first-order chi connectivity index (χ1) is 18.3. The Balaban J connectivity index is 1.42. The molecule has 0 saturated carbocycles. The van der Waals surface area contributed by atoms with Crippen LogP contribution in [0.25, 0.3) is 22.5 Å². The van der Waals surface area contributed by atoms with Crippen molar-refractivity contribution in [2.75, 3.05) is 27.9 Å². The Morgan fingerprint density at radius 3 is 2.39 bits per heavy atom. The van der Waals surface area contributed by atoms with E-state index >= 15 is 0 Å². The van der Waals surface area contributed by atoms with E-state index in [1.165, 1.54) is 20.3 Å². The van der Waals surface area contributed by atoms with Gasteiger partial charge < -0.3 is 33.1 Å². The Labute approximate surface area is 217 Å². The number of nitrogens with one attached hydrogen (secondary N) is 1. The molecule has 1 amide bonds. The summed E-state index contributed by atoms with van der Waals surface area (Å²) in [6.07, 6.45) is -0.844. The molecule has 0 fully saturated rings. The van der Waals surface area contributed by atoms with Crippen molar-refractivity contribution >= 4 is 23.0 Å². The third kappa shape index (κ3) is 4.34. The van der Waals surface area contributed by atoms with Crippen molar-refractivity contribution in [2.24, 2.45) is 0 Å². The lowest BCUT2D eigenvalue weighted by Gasteiger charge is -2.13. The number of methoxy groups -OCH3 is 3. The zero-order valence-corrected chi connectivity index (χ0v) is 21.2. The maximum atomic E-state index is 13.1. The molecule has 2 aromatic carbocycles. The summed E-state index contributed by atoms with van der Waals surface area (Å²) >= 11 is 0. The van der Waals surface area contributed by atoms with Gasteiger partial charge in [-0.25, -0.2) is 4.79 Å². The van der Waals surface area contributed by atoms with Crippen LogP contribution in [0.15, 0.2) is 56.1 Å². The minimum absolute atomic E-state index is 0.0314. The average Bonchev–Trinajstić information content (AvgIpc) is 3.44. The number of furan rings is 1. The highest BCUT2D eigenvalue weighted by Crippen LogP contribution is 2.41. The summed E-state index contributed by atoms with van der Waals surface area (Å²) in [7, 11) is 4.48. The van der Waals surface area contributed by atoms with Gasteiger partial charge >= 0.3 is 5.97 Å². The van der Waals surface area contributed by atoms with E-state index in [0.29, 0.717) is 39.7 Å². The van der Waals surface area contributed by atoms with Crippen LogP contribution in [-0.2, 0) is 16.0 Å². The number of esters is 1. The van der Waals surface area contributed by atoms with Crippen molar-refractivity contribution in [3.63, 3.8) is 0 Å². The molecule has 10 heteroatoms. The summed E-state index contributed by atoms with van der Waals surface area (Å²) in [6.45, 7) is 1.68. The van der Waals surface area contributed by atoms with Crippen molar-refractivity contribution in [3.05, 3.63) is 75.1 Å². The van der Waals surface area contributed by atoms with Gasteiger partial charge in [-0.3, -0.25) is 9.59 Å². The number of rotatable bonds is 8. The first kappa shape index (κ1) is 24.9. The van der Waals surface area contributed by atoms with Crippen molar-refractivity contribution in [1.29, 1.82) is 0 Å². The average molecular weight is 520 g/mol. The predicted octanol–water partition coefficient (Wildman–Crippen LogP) is 3.96.